The third-order valence-corrected chi connectivity index (χ3v) is 3.52. The number of carbonyl (C=O) groups is 1. The van der Waals surface area contributed by atoms with Crippen molar-refractivity contribution in [2.75, 3.05) is 0 Å². The molecule has 0 aromatic rings. The van der Waals surface area contributed by atoms with Crippen LogP contribution in [0, 0.1) is 0 Å². The molecule has 0 spiro atoms. The first-order valence-electron chi connectivity index (χ1n) is 5.79. The standard InChI is InChI=1S/C11H21BO4/c1-6-7-8(9(13)14)12-15-10(2,3)11(4,5)16-12/h8H,6-7H2,1-5H3,(H,13,14)/t8-/m1/s1. The van der Waals surface area contributed by atoms with Gasteiger partial charge in [-0.2, -0.15) is 0 Å². The highest BCUT2D eigenvalue weighted by Gasteiger charge is 2.55. The van der Waals surface area contributed by atoms with Gasteiger partial charge in [0.25, 0.3) is 0 Å². The molecular formula is C11H21BO4. The minimum atomic E-state index is -0.847. The van der Waals surface area contributed by atoms with Crippen LogP contribution >= 0.6 is 0 Å². The molecule has 0 bridgehead atoms. The fraction of sp³-hybridized carbons (Fsp3) is 0.909. The highest BCUT2D eigenvalue weighted by Crippen LogP contribution is 2.40. The molecule has 16 heavy (non-hydrogen) atoms. The fourth-order valence-corrected chi connectivity index (χ4v) is 1.74. The van der Waals surface area contributed by atoms with E-state index in [1.54, 1.807) is 0 Å². The first-order chi connectivity index (χ1) is 7.21. The molecule has 0 aromatic carbocycles. The van der Waals surface area contributed by atoms with Gasteiger partial charge in [-0.05, 0) is 34.1 Å². The molecule has 1 aliphatic rings. The maximum absolute atomic E-state index is 11.1. The second kappa shape index (κ2) is 4.38. The Morgan fingerprint density at radius 2 is 1.69 bits per heavy atom. The summed E-state index contributed by atoms with van der Waals surface area (Å²) in [6.07, 6.45) is 1.38. The van der Waals surface area contributed by atoms with Gasteiger partial charge in [0.15, 0.2) is 0 Å². The van der Waals surface area contributed by atoms with E-state index >= 15 is 0 Å². The van der Waals surface area contributed by atoms with Crippen LogP contribution in [0.15, 0.2) is 0 Å². The molecular weight excluding hydrogens is 207 g/mol. The monoisotopic (exact) mass is 228 g/mol. The van der Waals surface area contributed by atoms with Crippen LogP contribution in [0.3, 0.4) is 0 Å². The molecule has 1 aliphatic heterocycles. The average molecular weight is 228 g/mol. The molecule has 1 N–H and O–H groups in total. The molecule has 1 rings (SSSR count). The van der Waals surface area contributed by atoms with Crippen molar-refractivity contribution >= 4 is 13.1 Å². The van der Waals surface area contributed by atoms with Crippen molar-refractivity contribution in [1.82, 2.24) is 0 Å². The number of aliphatic carboxylic acids is 1. The summed E-state index contributed by atoms with van der Waals surface area (Å²) in [7, 11) is -0.637. The minimum absolute atomic E-state index is 0.459. The smallest absolute Gasteiger partial charge is 0.472 e. The van der Waals surface area contributed by atoms with Crippen molar-refractivity contribution in [2.45, 2.75) is 64.5 Å². The zero-order valence-electron chi connectivity index (χ0n) is 10.7. The average Bonchev–Trinajstić information content (AvgIpc) is 2.31. The van der Waals surface area contributed by atoms with Crippen LogP contribution in [0.4, 0.5) is 0 Å². The lowest BCUT2D eigenvalue weighted by Gasteiger charge is -2.32. The van der Waals surface area contributed by atoms with Crippen molar-refractivity contribution in [3.8, 4) is 0 Å². The molecule has 1 heterocycles. The van der Waals surface area contributed by atoms with Crippen molar-refractivity contribution in [2.24, 2.45) is 0 Å². The van der Waals surface area contributed by atoms with Crippen molar-refractivity contribution in [3.63, 3.8) is 0 Å². The largest absolute Gasteiger partial charge is 0.481 e. The van der Waals surface area contributed by atoms with Gasteiger partial charge < -0.3 is 14.4 Å². The summed E-state index contributed by atoms with van der Waals surface area (Å²) in [5.41, 5.74) is -0.918. The van der Waals surface area contributed by atoms with Crippen LogP contribution in [0.2, 0.25) is 5.82 Å². The summed E-state index contributed by atoms with van der Waals surface area (Å²) in [5, 5.41) is 9.15. The lowest BCUT2D eigenvalue weighted by Crippen LogP contribution is -2.41. The second-order valence-electron chi connectivity index (χ2n) is 5.36. The molecule has 0 saturated carbocycles. The Hall–Kier alpha value is -0.545. The Morgan fingerprint density at radius 1 is 1.25 bits per heavy atom. The maximum atomic E-state index is 11.1. The van der Waals surface area contributed by atoms with E-state index in [-0.39, 0.29) is 0 Å². The molecule has 92 valence electrons. The topological polar surface area (TPSA) is 55.8 Å². The Labute approximate surface area is 97.5 Å². The third kappa shape index (κ3) is 2.41. The molecule has 4 nitrogen and oxygen atoms in total. The van der Waals surface area contributed by atoms with Gasteiger partial charge in [-0.25, -0.2) is 0 Å². The van der Waals surface area contributed by atoms with E-state index < -0.39 is 30.1 Å². The molecule has 0 aliphatic carbocycles. The van der Waals surface area contributed by atoms with E-state index in [2.05, 4.69) is 0 Å². The number of carboxylic acid groups (broad SMARTS) is 1. The van der Waals surface area contributed by atoms with Crippen LogP contribution in [0.5, 0.6) is 0 Å². The fourth-order valence-electron chi connectivity index (χ4n) is 1.74. The predicted octanol–water partition coefficient (Wildman–Crippen LogP) is 2.33. The van der Waals surface area contributed by atoms with E-state index in [0.717, 1.165) is 6.42 Å². The molecule has 5 heteroatoms. The second-order valence-corrected chi connectivity index (χ2v) is 5.36. The normalized spacial score (nSPS) is 24.4. The van der Waals surface area contributed by atoms with Crippen LogP contribution < -0.4 is 0 Å². The van der Waals surface area contributed by atoms with E-state index in [4.69, 9.17) is 14.4 Å². The lowest BCUT2D eigenvalue weighted by molar-refractivity contribution is -0.137. The van der Waals surface area contributed by atoms with Crippen molar-refractivity contribution in [1.29, 1.82) is 0 Å². The van der Waals surface area contributed by atoms with Gasteiger partial charge in [-0.1, -0.05) is 13.3 Å². The van der Waals surface area contributed by atoms with Gasteiger partial charge in [0.1, 0.15) is 0 Å². The number of rotatable bonds is 4. The van der Waals surface area contributed by atoms with Crippen molar-refractivity contribution in [3.05, 3.63) is 0 Å². The zero-order valence-corrected chi connectivity index (χ0v) is 10.7. The molecule has 0 amide bonds. The summed E-state index contributed by atoms with van der Waals surface area (Å²) in [6.45, 7) is 9.67. The van der Waals surface area contributed by atoms with E-state index in [1.807, 2.05) is 34.6 Å². The lowest BCUT2D eigenvalue weighted by atomic mass is 9.69. The molecule has 0 unspecified atom stereocenters. The van der Waals surface area contributed by atoms with Crippen LogP contribution in [-0.2, 0) is 14.1 Å². The Kier molecular flexibility index (Phi) is 3.70. The minimum Gasteiger partial charge on any atom is -0.481 e. The van der Waals surface area contributed by atoms with Crippen LogP contribution in [0.25, 0.3) is 0 Å². The SMILES string of the molecule is CCC[C@@H](B1OC(C)(C)C(C)(C)O1)C(=O)O. The van der Waals surface area contributed by atoms with E-state index in [1.165, 1.54) is 0 Å². The molecule has 1 fully saturated rings. The van der Waals surface area contributed by atoms with E-state index in [0.29, 0.717) is 6.42 Å². The number of hydrogen-bond donors (Lipinski definition) is 1. The molecule has 0 aromatic heterocycles. The first kappa shape index (κ1) is 13.5. The van der Waals surface area contributed by atoms with Crippen LogP contribution in [0.1, 0.15) is 47.5 Å². The van der Waals surface area contributed by atoms with E-state index in [9.17, 15) is 4.79 Å². The summed E-state index contributed by atoms with van der Waals surface area (Å²) in [4.78, 5) is 11.1. The number of carboxylic acids is 1. The zero-order chi connectivity index (χ0) is 12.6. The van der Waals surface area contributed by atoms with Gasteiger partial charge in [0.2, 0.25) is 0 Å². The van der Waals surface area contributed by atoms with Gasteiger partial charge in [-0.3, -0.25) is 4.79 Å². The Bertz CT molecular complexity index is 259. The van der Waals surface area contributed by atoms with Gasteiger partial charge in [-0.15, -0.1) is 0 Å². The molecule has 1 atom stereocenters. The predicted molar refractivity (Wildman–Crippen MR) is 62.4 cm³/mol. The summed E-state index contributed by atoms with van der Waals surface area (Å²) < 4.78 is 11.5. The van der Waals surface area contributed by atoms with Gasteiger partial charge >= 0.3 is 13.1 Å². The summed E-state index contributed by atoms with van der Waals surface area (Å²) in [6, 6.07) is 0. The Morgan fingerprint density at radius 3 is 2.00 bits per heavy atom. The van der Waals surface area contributed by atoms with Crippen LogP contribution in [-0.4, -0.2) is 29.4 Å². The van der Waals surface area contributed by atoms with Gasteiger partial charge in [0, 0.05) is 0 Å². The summed E-state index contributed by atoms with van der Waals surface area (Å²) in [5.74, 6) is -1.42. The maximum Gasteiger partial charge on any atom is 0.472 e. The quantitative estimate of drug-likeness (QED) is 0.750. The summed E-state index contributed by atoms with van der Waals surface area (Å²) >= 11 is 0. The number of hydrogen-bond acceptors (Lipinski definition) is 3. The Balaban J connectivity index is 2.80. The highest BCUT2D eigenvalue weighted by molar-refractivity contribution is 6.52. The third-order valence-electron chi connectivity index (χ3n) is 3.52. The van der Waals surface area contributed by atoms with Gasteiger partial charge in [0.05, 0.1) is 17.0 Å². The van der Waals surface area contributed by atoms with Crippen molar-refractivity contribution < 1.29 is 19.2 Å². The molecule has 0 radical (unpaired) electrons. The molecule has 1 saturated heterocycles. The first-order valence-corrected chi connectivity index (χ1v) is 5.79. The highest BCUT2D eigenvalue weighted by atomic mass is 16.7.